The zero-order valence-electron chi connectivity index (χ0n) is 9.54. The molecule has 0 radical (unpaired) electrons. The zero-order chi connectivity index (χ0) is 12.5. The lowest BCUT2D eigenvalue weighted by atomic mass is 10.3. The van der Waals surface area contributed by atoms with Gasteiger partial charge in [-0.15, -0.1) is 11.8 Å². The van der Waals surface area contributed by atoms with Gasteiger partial charge in [-0.05, 0) is 30.5 Å². The van der Waals surface area contributed by atoms with Gasteiger partial charge in [0, 0.05) is 0 Å². The number of rotatable bonds is 2. The molecule has 0 atom stereocenters. The smallest absolute Gasteiger partial charge is 0.167 e. The van der Waals surface area contributed by atoms with Gasteiger partial charge in [0.1, 0.15) is 17.2 Å². The Labute approximate surface area is 107 Å². The van der Waals surface area contributed by atoms with E-state index in [1.54, 1.807) is 34.8 Å². The van der Waals surface area contributed by atoms with Crippen LogP contribution in [0.15, 0.2) is 41.8 Å². The molecule has 0 amide bonds. The van der Waals surface area contributed by atoms with E-state index in [0.29, 0.717) is 0 Å². The summed E-state index contributed by atoms with van der Waals surface area (Å²) in [6.45, 7) is 0. The maximum Gasteiger partial charge on any atom is 0.167 e. The number of benzene rings is 1. The minimum Gasteiger partial charge on any atom is -0.229 e. The van der Waals surface area contributed by atoms with Gasteiger partial charge in [0.25, 0.3) is 0 Å². The largest absolute Gasteiger partial charge is 0.229 e. The monoisotopic (exact) mass is 260 g/mol. The Morgan fingerprint density at radius 1 is 1.17 bits per heavy atom. The maximum absolute atomic E-state index is 12.9. The summed E-state index contributed by atoms with van der Waals surface area (Å²) in [7, 11) is 0. The molecule has 0 saturated carbocycles. The van der Waals surface area contributed by atoms with Crippen LogP contribution in [0.1, 0.15) is 0 Å². The fourth-order valence-electron chi connectivity index (χ4n) is 1.76. The Morgan fingerprint density at radius 3 is 2.67 bits per heavy atom. The van der Waals surface area contributed by atoms with Crippen molar-refractivity contribution in [1.82, 2.24) is 19.7 Å². The molecule has 0 N–H and O–H groups in total. The van der Waals surface area contributed by atoms with E-state index >= 15 is 0 Å². The highest BCUT2D eigenvalue weighted by Gasteiger charge is 2.10. The predicted molar refractivity (Wildman–Crippen MR) is 68.4 cm³/mol. The molecule has 1 aromatic carbocycles. The summed E-state index contributed by atoms with van der Waals surface area (Å²) in [5, 5.41) is 6.06. The van der Waals surface area contributed by atoms with Crippen LogP contribution in [0.25, 0.3) is 16.7 Å². The molecule has 0 saturated heterocycles. The number of nitrogens with zero attached hydrogens (tertiary/aromatic N) is 4. The second kappa shape index (κ2) is 4.38. The van der Waals surface area contributed by atoms with Crippen molar-refractivity contribution in [3.05, 3.63) is 42.6 Å². The molecule has 18 heavy (non-hydrogen) atoms. The molecule has 0 unspecified atom stereocenters. The van der Waals surface area contributed by atoms with Crippen molar-refractivity contribution in [2.24, 2.45) is 0 Å². The van der Waals surface area contributed by atoms with Gasteiger partial charge in [0.15, 0.2) is 5.65 Å². The van der Waals surface area contributed by atoms with Gasteiger partial charge >= 0.3 is 0 Å². The summed E-state index contributed by atoms with van der Waals surface area (Å²) in [6.07, 6.45) is 5.19. The highest BCUT2D eigenvalue weighted by molar-refractivity contribution is 7.98. The molecule has 4 nitrogen and oxygen atoms in total. The molecular weight excluding hydrogens is 251 g/mol. The van der Waals surface area contributed by atoms with Crippen LogP contribution >= 0.6 is 11.8 Å². The van der Waals surface area contributed by atoms with Crippen molar-refractivity contribution in [1.29, 1.82) is 0 Å². The third kappa shape index (κ3) is 1.74. The lowest BCUT2D eigenvalue weighted by Crippen LogP contribution is -1.97. The van der Waals surface area contributed by atoms with Gasteiger partial charge in [0.2, 0.25) is 0 Å². The van der Waals surface area contributed by atoms with Gasteiger partial charge in [-0.1, -0.05) is 0 Å². The zero-order valence-corrected chi connectivity index (χ0v) is 10.4. The fraction of sp³-hybridized carbons (Fsp3) is 0.0833. The molecule has 0 aliphatic rings. The van der Waals surface area contributed by atoms with Crippen molar-refractivity contribution in [3.63, 3.8) is 0 Å². The summed E-state index contributed by atoms with van der Waals surface area (Å²) in [5.74, 6) is -0.269. The summed E-state index contributed by atoms with van der Waals surface area (Å²) in [5.41, 5.74) is 1.50. The molecule has 0 aliphatic heterocycles. The first-order valence-electron chi connectivity index (χ1n) is 5.28. The molecule has 0 fully saturated rings. The van der Waals surface area contributed by atoms with E-state index in [1.807, 2.05) is 6.26 Å². The van der Waals surface area contributed by atoms with Crippen LogP contribution in [0.5, 0.6) is 0 Å². The van der Waals surface area contributed by atoms with Crippen molar-refractivity contribution >= 4 is 22.8 Å². The Hall–Kier alpha value is -1.95. The van der Waals surface area contributed by atoms with Crippen LogP contribution < -0.4 is 0 Å². The van der Waals surface area contributed by atoms with E-state index in [-0.39, 0.29) is 5.82 Å². The molecule has 0 bridgehead atoms. The summed E-state index contributed by atoms with van der Waals surface area (Å²) in [4.78, 5) is 8.42. The van der Waals surface area contributed by atoms with Crippen molar-refractivity contribution < 1.29 is 4.39 Å². The first-order valence-corrected chi connectivity index (χ1v) is 6.51. The first kappa shape index (κ1) is 11.2. The van der Waals surface area contributed by atoms with Crippen molar-refractivity contribution in [3.8, 4) is 5.69 Å². The highest BCUT2D eigenvalue weighted by Crippen LogP contribution is 2.23. The number of hydrogen-bond acceptors (Lipinski definition) is 4. The van der Waals surface area contributed by atoms with Gasteiger partial charge in [0.05, 0.1) is 17.3 Å². The fourth-order valence-corrected chi connectivity index (χ4v) is 2.27. The number of aromatic nitrogens is 4. The lowest BCUT2D eigenvalue weighted by molar-refractivity contribution is 0.627. The molecule has 2 heterocycles. The predicted octanol–water partition coefficient (Wildman–Crippen LogP) is 2.68. The van der Waals surface area contributed by atoms with E-state index in [2.05, 4.69) is 15.1 Å². The van der Waals surface area contributed by atoms with Crippen LogP contribution in [0.3, 0.4) is 0 Å². The summed E-state index contributed by atoms with van der Waals surface area (Å²) in [6, 6.07) is 6.14. The van der Waals surface area contributed by atoms with Gasteiger partial charge < -0.3 is 0 Å². The normalized spacial score (nSPS) is 11.0. The van der Waals surface area contributed by atoms with E-state index in [4.69, 9.17) is 0 Å². The van der Waals surface area contributed by atoms with Crippen molar-refractivity contribution in [2.75, 3.05) is 6.26 Å². The number of halogens is 1. The van der Waals surface area contributed by atoms with Gasteiger partial charge in [-0.2, -0.15) is 5.10 Å². The minimum atomic E-state index is -0.269. The van der Waals surface area contributed by atoms with Crippen molar-refractivity contribution in [2.45, 2.75) is 5.03 Å². The Kier molecular flexibility index (Phi) is 2.71. The third-order valence-corrected chi connectivity index (χ3v) is 3.31. The van der Waals surface area contributed by atoms with Crippen LogP contribution in [0.2, 0.25) is 0 Å². The van der Waals surface area contributed by atoms with Gasteiger partial charge in [-0.3, -0.25) is 0 Å². The standard InChI is InChI=1S/C12H9FN4S/c1-18-12-10-6-16-17(11(10)14-7-15-12)9-4-2-8(13)3-5-9/h2-7H,1H3. The maximum atomic E-state index is 12.9. The molecule has 0 aliphatic carbocycles. The molecular formula is C12H9FN4S. The van der Waals surface area contributed by atoms with Crippen LogP contribution in [-0.4, -0.2) is 26.0 Å². The first-order chi connectivity index (χ1) is 8.79. The van der Waals surface area contributed by atoms with Crippen LogP contribution in [0, 0.1) is 5.82 Å². The topological polar surface area (TPSA) is 43.6 Å². The average molecular weight is 260 g/mol. The Bertz CT molecular complexity index is 693. The molecule has 0 spiro atoms. The molecule has 3 aromatic rings. The second-order valence-electron chi connectivity index (χ2n) is 3.65. The average Bonchev–Trinajstić information content (AvgIpc) is 2.83. The molecule has 6 heteroatoms. The minimum absolute atomic E-state index is 0.269. The van der Waals surface area contributed by atoms with E-state index in [0.717, 1.165) is 21.7 Å². The molecule has 90 valence electrons. The van der Waals surface area contributed by atoms with Crippen LogP contribution in [0.4, 0.5) is 4.39 Å². The molecule has 2 aromatic heterocycles. The van der Waals surface area contributed by atoms with E-state index in [1.165, 1.54) is 18.5 Å². The summed E-state index contributed by atoms with van der Waals surface area (Å²) >= 11 is 1.54. The Morgan fingerprint density at radius 2 is 1.94 bits per heavy atom. The third-order valence-electron chi connectivity index (χ3n) is 2.59. The van der Waals surface area contributed by atoms with E-state index in [9.17, 15) is 4.39 Å². The lowest BCUT2D eigenvalue weighted by Gasteiger charge is -2.02. The van der Waals surface area contributed by atoms with E-state index < -0.39 is 0 Å². The highest BCUT2D eigenvalue weighted by atomic mass is 32.2. The van der Waals surface area contributed by atoms with Crippen LogP contribution in [-0.2, 0) is 0 Å². The number of fused-ring (bicyclic) bond motifs is 1. The molecule has 3 rings (SSSR count). The Balaban J connectivity index is 2.21. The van der Waals surface area contributed by atoms with Gasteiger partial charge in [-0.25, -0.2) is 19.0 Å². The SMILES string of the molecule is CSc1ncnc2c1cnn2-c1ccc(F)cc1. The summed E-state index contributed by atoms with van der Waals surface area (Å²) < 4.78 is 14.6. The number of hydrogen-bond donors (Lipinski definition) is 0. The number of thioether (sulfide) groups is 1. The quantitative estimate of drug-likeness (QED) is 0.525. The second-order valence-corrected chi connectivity index (χ2v) is 4.45.